The smallest absolute Gasteiger partial charge is 0.228 e. The first-order valence-electron chi connectivity index (χ1n) is 8.29. The fraction of sp³-hybridized carbons (Fsp3) is 0.938. The first-order valence-corrected chi connectivity index (χ1v) is 8.29. The molecule has 2 aliphatic rings. The van der Waals surface area contributed by atoms with Crippen molar-refractivity contribution in [3.05, 3.63) is 0 Å². The van der Waals surface area contributed by atoms with Crippen molar-refractivity contribution < 1.29 is 4.79 Å². The zero-order chi connectivity index (χ0) is 14.6. The zero-order valence-corrected chi connectivity index (χ0v) is 13.2. The van der Waals surface area contributed by atoms with Gasteiger partial charge in [-0.3, -0.25) is 9.69 Å². The molecule has 0 unspecified atom stereocenters. The third kappa shape index (κ3) is 3.53. The van der Waals surface area contributed by atoms with Gasteiger partial charge >= 0.3 is 0 Å². The van der Waals surface area contributed by atoms with Crippen LogP contribution in [0.3, 0.4) is 0 Å². The number of rotatable bonds is 5. The predicted octanol–water partition coefficient (Wildman–Crippen LogP) is 1.70. The molecule has 0 aromatic rings. The second-order valence-electron chi connectivity index (χ2n) is 7.01. The number of carbonyl (C=O) groups is 1. The molecule has 0 aromatic carbocycles. The number of piperazine rings is 1. The summed E-state index contributed by atoms with van der Waals surface area (Å²) in [4.78, 5) is 17.5. The van der Waals surface area contributed by atoms with Crippen LogP contribution in [0.25, 0.3) is 0 Å². The van der Waals surface area contributed by atoms with Crippen molar-refractivity contribution in [3.8, 4) is 0 Å². The van der Waals surface area contributed by atoms with E-state index in [0.29, 0.717) is 18.4 Å². The Labute approximate surface area is 123 Å². The number of amides is 1. The van der Waals surface area contributed by atoms with Gasteiger partial charge in [-0.2, -0.15) is 0 Å². The van der Waals surface area contributed by atoms with E-state index in [2.05, 4.69) is 23.6 Å². The molecule has 116 valence electrons. The molecule has 4 nitrogen and oxygen atoms in total. The van der Waals surface area contributed by atoms with Crippen LogP contribution >= 0.6 is 0 Å². The van der Waals surface area contributed by atoms with E-state index in [4.69, 9.17) is 5.73 Å². The highest BCUT2D eigenvalue weighted by molar-refractivity contribution is 5.83. The van der Waals surface area contributed by atoms with Gasteiger partial charge in [0.05, 0.1) is 0 Å². The second-order valence-corrected chi connectivity index (χ2v) is 7.01. The maximum atomic E-state index is 13.0. The van der Waals surface area contributed by atoms with Crippen LogP contribution in [0.2, 0.25) is 0 Å². The van der Waals surface area contributed by atoms with Gasteiger partial charge in [0.25, 0.3) is 0 Å². The summed E-state index contributed by atoms with van der Waals surface area (Å²) in [6.07, 6.45) is 5.73. The number of carbonyl (C=O) groups excluding carboxylic acids is 1. The predicted molar refractivity (Wildman–Crippen MR) is 82.4 cm³/mol. The summed E-state index contributed by atoms with van der Waals surface area (Å²) in [6, 6.07) is 0. The Morgan fingerprint density at radius 1 is 1.15 bits per heavy atom. The van der Waals surface area contributed by atoms with E-state index >= 15 is 0 Å². The third-order valence-electron chi connectivity index (χ3n) is 4.92. The molecule has 2 rings (SSSR count). The minimum atomic E-state index is -0.0375. The average Bonchev–Trinajstić information content (AvgIpc) is 2.88. The fourth-order valence-electron chi connectivity index (χ4n) is 4.03. The summed E-state index contributed by atoms with van der Waals surface area (Å²) in [5.41, 5.74) is 5.57. The molecule has 0 aromatic heterocycles. The highest BCUT2D eigenvalue weighted by atomic mass is 16.2. The monoisotopic (exact) mass is 281 g/mol. The van der Waals surface area contributed by atoms with E-state index in [-0.39, 0.29) is 5.41 Å². The standard InChI is InChI=1S/C16H31N3O/c1-14(2)13-16(5-3-4-6-16)15(20)19-11-9-18(8-7-17)10-12-19/h14H,3-13,17H2,1-2H3. The first-order chi connectivity index (χ1) is 9.57. The fourth-order valence-corrected chi connectivity index (χ4v) is 4.03. The van der Waals surface area contributed by atoms with E-state index in [1.54, 1.807) is 0 Å². The number of nitrogens with zero attached hydrogens (tertiary/aromatic N) is 2. The molecule has 2 fully saturated rings. The molecule has 1 aliphatic heterocycles. The summed E-state index contributed by atoms with van der Waals surface area (Å²) in [5, 5.41) is 0. The number of hydrogen-bond donors (Lipinski definition) is 1. The van der Waals surface area contributed by atoms with Gasteiger partial charge in [-0.05, 0) is 25.2 Å². The van der Waals surface area contributed by atoms with Crippen LogP contribution in [-0.2, 0) is 4.79 Å². The van der Waals surface area contributed by atoms with E-state index in [1.165, 1.54) is 12.8 Å². The van der Waals surface area contributed by atoms with Crippen LogP contribution in [0, 0.1) is 11.3 Å². The van der Waals surface area contributed by atoms with Gasteiger partial charge < -0.3 is 10.6 Å². The Bertz CT molecular complexity index is 316. The Kier molecular flexibility index (Phi) is 5.44. The maximum absolute atomic E-state index is 13.0. The molecule has 0 spiro atoms. The SMILES string of the molecule is CC(C)CC1(C(=O)N2CCN(CCN)CC2)CCCC1. The molecule has 1 amide bonds. The van der Waals surface area contributed by atoms with E-state index in [1.807, 2.05) is 0 Å². The Hall–Kier alpha value is -0.610. The van der Waals surface area contributed by atoms with Gasteiger partial charge in [-0.15, -0.1) is 0 Å². The Morgan fingerprint density at radius 2 is 1.75 bits per heavy atom. The highest BCUT2D eigenvalue weighted by Gasteiger charge is 2.43. The van der Waals surface area contributed by atoms with Gasteiger partial charge in [0.2, 0.25) is 5.91 Å². The molecular formula is C16H31N3O. The van der Waals surface area contributed by atoms with Crippen LogP contribution in [0.5, 0.6) is 0 Å². The molecule has 1 aliphatic carbocycles. The first kappa shape index (κ1) is 15.8. The summed E-state index contributed by atoms with van der Waals surface area (Å²) < 4.78 is 0. The average molecular weight is 281 g/mol. The molecule has 1 saturated heterocycles. The van der Waals surface area contributed by atoms with Crippen molar-refractivity contribution in [2.75, 3.05) is 39.3 Å². The summed E-state index contributed by atoms with van der Waals surface area (Å²) in [5.74, 6) is 1.05. The van der Waals surface area contributed by atoms with Gasteiger partial charge in [-0.1, -0.05) is 26.7 Å². The molecule has 20 heavy (non-hydrogen) atoms. The minimum Gasteiger partial charge on any atom is -0.340 e. The maximum Gasteiger partial charge on any atom is 0.228 e. The second kappa shape index (κ2) is 6.90. The van der Waals surface area contributed by atoms with Crippen LogP contribution in [0.4, 0.5) is 0 Å². The van der Waals surface area contributed by atoms with Crippen molar-refractivity contribution in [1.82, 2.24) is 9.80 Å². The zero-order valence-electron chi connectivity index (χ0n) is 13.2. The van der Waals surface area contributed by atoms with E-state index < -0.39 is 0 Å². The number of nitrogens with two attached hydrogens (primary N) is 1. The normalized spacial score (nSPS) is 23.5. The van der Waals surface area contributed by atoms with E-state index in [0.717, 1.165) is 52.0 Å². The minimum absolute atomic E-state index is 0.0375. The van der Waals surface area contributed by atoms with Crippen molar-refractivity contribution in [2.24, 2.45) is 17.1 Å². The molecule has 1 heterocycles. The Balaban J connectivity index is 1.95. The highest BCUT2D eigenvalue weighted by Crippen LogP contribution is 2.44. The molecular weight excluding hydrogens is 250 g/mol. The van der Waals surface area contributed by atoms with Crippen LogP contribution < -0.4 is 5.73 Å². The molecule has 0 bridgehead atoms. The summed E-state index contributed by atoms with van der Waals surface area (Å²) >= 11 is 0. The molecule has 1 saturated carbocycles. The largest absolute Gasteiger partial charge is 0.340 e. The Morgan fingerprint density at radius 3 is 2.25 bits per heavy atom. The molecule has 0 radical (unpaired) electrons. The van der Waals surface area contributed by atoms with Crippen molar-refractivity contribution >= 4 is 5.91 Å². The van der Waals surface area contributed by atoms with Crippen LogP contribution in [-0.4, -0.2) is 55.0 Å². The lowest BCUT2D eigenvalue weighted by molar-refractivity contribution is -0.144. The number of hydrogen-bond acceptors (Lipinski definition) is 3. The van der Waals surface area contributed by atoms with Gasteiger partial charge in [0.1, 0.15) is 0 Å². The molecule has 0 atom stereocenters. The lowest BCUT2D eigenvalue weighted by Crippen LogP contribution is -2.53. The van der Waals surface area contributed by atoms with Crippen LogP contribution in [0.15, 0.2) is 0 Å². The van der Waals surface area contributed by atoms with Crippen molar-refractivity contribution in [1.29, 1.82) is 0 Å². The van der Waals surface area contributed by atoms with Gasteiger partial charge in [0, 0.05) is 44.7 Å². The van der Waals surface area contributed by atoms with Gasteiger partial charge in [0.15, 0.2) is 0 Å². The molecule has 4 heteroatoms. The van der Waals surface area contributed by atoms with Crippen LogP contribution in [0.1, 0.15) is 46.0 Å². The van der Waals surface area contributed by atoms with Crippen molar-refractivity contribution in [2.45, 2.75) is 46.0 Å². The molecule has 2 N–H and O–H groups in total. The topological polar surface area (TPSA) is 49.6 Å². The summed E-state index contributed by atoms with van der Waals surface area (Å²) in [6.45, 7) is 9.90. The third-order valence-corrected chi connectivity index (χ3v) is 4.92. The summed E-state index contributed by atoms with van der Waals surface area (Å²) in [7, 11) is 0. The lowest BCUT2D eigenvalue weighted by atomic mass is 9.77. The quantitative estimate of drug-likeness (QED) is 0.834. The lowest BCUT2D eigenvalue weighted by Gasteiger charge is -2.40. The van der Waals surface area contributed by atoms with Gasteiger partial charge in [-0.25, -0.2) is 0 Å². The van der Waals surface area contributed by atoms with E-state index in [9.17, 15) is 4.79 Å². The van der Waals surface area contributed by atoms with Crippen molar-refractivity contribution in [3.63, 3.8) is 0 Å².